The summed E-state index contributed by atoms with van der Waals surface area (Å²) in [7, 11) is -4.08. The van der Waals surface area contributed by atoms with Gasteiger partial charge in [-0.3, -0.25) is 0 Å². The summed E-state index contributed by atoms with van der Waals surface area (Å²) in [4.78, 5) is 4.11. The van der Waals surface area contributed by atoms with E-state index in [1.807, 2.05) is 0 Å². The van der Waals surface area contributed by atoms with Crippen LogP contribution in [0.5, 0.6) is 0 Å². The molecular formula is C18H19Cl2F3N4O2S. The number of nitrogens with one attached hydrogen (secondary N) is 1. The van der Waals surface area contributed by atoms with Gasteiger partial charge in [-0.1, -0.05) is 29.3 Å². The zero-order valence-corrected chi connectivity index (χ0v) is 18.7. The summed E-state index contributed by atoms with van der Waals surface area (Å²) < 4.78 is 69.9. The molecule has 2 unspecified atom stereocenters. The number of aromatic nitrogens is 2. The van der Waals surface area contributed by atoms with Crippen molar-refractivity contribution in [2.75, 3.05) is 0 Å². The van der Waals surface area contributed by atoms with Crippen molar-refractivity contribution in [2.24, 2.45) is 4.99 Å². The maximum absolute atomic E-state index is 13.3. The highest BCUT2D eigenvalue weighted by Crippen LogP contribution is 2.40. The Morgan fingerprint density at radius 2 is 1.73 bits per heavy atom. The Labute approximate surface area is 182 Å². The van der Waals surface area contributed by atoms with E-state index < -0.39 is 38.7 Å². The van der Waals surface area contributed by atoms with Crippen molar-refractivity contribution in [3.8, 4) is 0 Å². The molecule has 1 aromatic carbocycles. The molecule has 0 spiro atoms. The maximum Gasteiger partial charge on any atom is 0.435 e. The molecule has 0 saturated carbocycles. The molecule has 12 heteroatoms. The van der Waals surface area contributed by atoms with Crippen LogP contribution in [0.15, 0.2) is 29.3 Å². The first-order valence-electron chi connectivity index (χ1n) is 8.80. The van der Waals surface area contributed by atoms with E-state index in [1.165, 1.54) is 25.1 Å². The molecule has 1 aromatic heterocycles. The molecule has 3 rings (SSSR count). The van der Waals surface area contributed by atoms with Crippen LogP contribution in [0.1, 0.15) is 45.0 Å². The first-order chi connectivity index (χ1) is 13.6. The van der Waals surface area contributed by atoms with Gasteiger partial charge in [-0.25, -0.2) is 22.8 Å². The number of halogens is 5. The van der Waals surface area contributed by atoms with Gasteiger partial charge in [0.15, 0.2) is 11.5 Å². The van der Waals surface area contributed by atoms with Crippen LogP contribution in [-0.2, 0) is 16.2 Å². The van der Waals surface area contributed by atoms with E-state index in [4.69, 9.17) is 23.2 Å². The summed E-state index contributed by atoms with van der Waals surface area (Å²) in [6.45, 7) is 6.44. The summed E-state index contributed by atoms with van der Waals surface area (Å²) in [5, 5.41) is 2.69. The molecule has 0 radical (unpaired) electrons. The van der Waals surface area contributed by atoms with E-state index >= 15 is 0 Å². The smallest absolute Gasteiger partial charge is 0.238 e. The SMILES string of the molecule is CC1=Nc2cc(C(F)(F)F)nn2C(c2ccc(Cl)c(Cl)c2)C1S(=O)(=O)NC(C)(C)C. The Morgan fingerprint density at radius 1 is 1.10 bits per heavy atom. The lowest BCUT2D eigenvalue weighted by molar-refractivity contribution is -0.141. The normalized spacial score (nSPS) is 20.1. The summed E-state index contributed by atoms with van der Waals surface area (Å²) in [5.74, 6) is -0.0990. The van der Waals surface area contributed by atoms with Crippen LogP contribution in [0.3, 0.4) is 0 Å². The lowest BCUT2D eigenvalue weighted by atomic mass is 9.99. The van der Waals surface area contributed by atoms with Gasteiger partial charge in [0.05, 0.1) is 10.0 Å². The Morgan fingerprint density at radius 3 is 2.27 bits per heavy atom. The standard InChI is InChI=1S/C18H19Cl2F3N4O2S/c1-9-16(30(28,29)26-17(2,3)4)15(10-5-6-11(19)12(20)7-10)27-14(24-9)8-13(25-27)18(21,22)23/h5-8,15-16,26H,1-4H3. The number of rotatable bonds is 3. The molecule has 1 aliphatic heterocycles. The van der Waals surface area contributed by atoms with E-state index in [0.29, 0.717) is 5.56 Å². The third-order valence-electron chi connectivity index (χ3n) is 4.33. The van der Waals surface area contributed by atoms with Crippen LogP contribution in [0.2, 0.25) is 10.0 Å². The largest absolute Gasteiger partial charge is 0.435 e. The van der Waals surface area contributed by atoms with E-state index in [2.05, 4.69) is 14.8 Å². The quantitative estimate of drug-likeness (QED) is 0.669. The van der Waals surface area contributed by atoms with Crippen LogP contribution in [0.4, 0.5) is 19.0 Å². The average Bonchev–Trinajstić information content (AvgIpc) is 2.97. The fourth-order valence-corrected chi connectivity index (χ4v) is 5.71. The number of alkyl halides is 3. The second kappa shape index (κ2) is 7.51. The minimum Gasteiger partial charge on any atom is -0.238 e. The van der Waals surface area contributed by atoms with E-state index in [-0.39, 0.29) is 21.6 Å². The highest BCUT2D eigenvalue weighted by Gasteiger charge is 2.45. The molecule has 6 nitrogen and oxygen atoms in total. The van der Waals surface area contributed by atoms with Crippen molar-refractivity contribution in [1.82, 2.24) is 14.5 Å². The number of sulfonamides is 1. The molecule has 2 aromatic rings. The van der Waals surface area contributed by atoms with Gasteiger partial charge in [-0.15, -0.1) is 0 Å². The molecule has 1 N–H and O–H groups in total. The van der Waals surface area contributed by atoms with Gasteiger partial charge in [-0.05, 0) is 45.4 Å². The van der Waals surface area contributed by atoms with Crippen molar-refractivity contribution in [2.45, 2.75) is 50.7 Å². The van der Waals surface area contributed by atoms with Gasteiger partial charge in [0.25, 0.3) is 0 Å². The monoisotopic (exact) mass is 482 g/mol. The summed E-state index contributed by atoms with van der Waals surface area (Å²) in [6, 6.07) is 4.04. The topological polar surface area (TPSA) is 76.3 Å². The second-order valence-electron chi connectivity index (χ2n) is 8.02. The van der Waals surface area contributed by atoms with Crippen molar-refractivity contribution in [3.05, 3.63) is 45.6 Å². The minimum atomic E-state index is -4.71. The third-order valence-corrected chi connectivity index (χ3v) is 7.23. The van der Waals surface area contributed by atoms with Gasteiger partial charge >= 0.3 is 6.18 Å². The lowest BCUT2D eigenvalue weighted by Gasteiger charge is -2.34. The van der Waals surface area contributed by atoms with Gasteiger partial charge in [0.1, 0.15) is 11.3 Å². The molecular weight excluding hydrogens is 464 g/mol. The molecule has 0 aliphatic carbocycles. The predicted molar refractivity (Wildman–Crippen MR) is 110 cm³/mol. The van der Waals surface area contributed by atoms with E-state index in [9.17, 15) is 21.6 Å². The van der Waals surface area contributed by atoms with E-state index in [1.54, 1.807) is 20.8 Å². The first-order valence-corrected chi connectivity index (χ1v) is 11.1. The highest BCUT2D eigenvalue weighted by molar-refractivity contribution is 7.91. The first kappa shape index (κ1) is 23.1. The number of hydrogen-bond donors (Lipinski definition) is 1. The fourth-order valence-electron chi connectivity index (χ4n) is 3.31. The Kier molecular flexibility index (Phi) is 5.77. The predicted octanol–water partition coefficient (Wildman–Crippen LogP) is 4.99. The van der Waals surface area contributed by atoms with E-state index in [0.717, 1.165) is 10.7 Å². The van der Waals surface area contributed by atoms with Crippen LogP contribution < -0.4 is 4.72 Å². The molecule has 164 valence electrons. The third kappa shape index (κ3) is 4.51. The summed E-state index contributed by atoms with van der Waals surface area (Å²) >= 11 is 12.1. The van der Waals surface area contributed by atoms with Crippen molar-refractivity contribution >= 4 is 44.8 Å². The number of fused-ring (bicyclic) bond motifs is 1. The van der Waals surface area contributed by atoms with Gasteiger partial charge < -0.3 is 0 Å². The number of hydrogen-bond acceptors (Lipinski definition) is 4. The van der Waals surface area contributed by atoms with Crippen LogP contribution in [0, 0.1) is 0 Å². The molecule has 2 atom stereocenters. The van der Waals surface area contributed by atoms with Gasteiger partial charge in [-0.2, -0.15) is 18.3 Å². The van der Waals surface area contributed by atoms with Crippen LogP contribution in [-0.4, -0.2) is 34.7 Å². The lowest BCUT2D eigenvalue weighted by Crippen LogP contribution is -2.51. The number of benzene rings is 1. The van der Waals surface area contributed by atoms with Crippen molar-refractivity contribution in [3.63, 3.8) is 0 Å². The molecule has 0 fully saturated rings. The zero-order chi connectivity index (χ0) is 22.6. The number of nitrogens with zero attached hydrogens (tertiary/aromatic N) is 3. The average molecular weight is 483 g/mol. The second-order valence-corrected chi connectivity index (χ2v) is 10.6. The minimum absolute atomic E-state index is 0.0990. The molecule has 2 heterocycles. The highest BCUT2D eigenvalue weighted by atomic mass is 35.5. The van der Waals surface area contributed by atoms with Crippen molar-refractivity contribution < 1.29 is 21.6 Å². The van der Waals surface area contributed by atoms with Crippen LogP contribution in [0.25, 0.3) is 0 Å². The maximum atomic E-state index is 13.3. The van der Waals surface area contributed by atoms with Crippen LogP contribution >= 0.6 is 23.2 Å². The molecule has 0 bridgehead atoms. The van der Waals surface area contributed by atoms with Gasteiger partial charge in [0.2, 0.25) is 10.0 Å². The summed E-state index contributed by atoms with van der Waals surface area (Å²) in [5.41, 5.74) is -1.52. The molecule has 30 heavy (non-hydrogen) atoms. The van der Waals surface area contributed by atoms with Crippen molar-refractivity contribution in [1.29, 1.82) is 0 Å². The zero-order valence-electron chi connectivity index (χ0n) is 16.4. The molecule has 1 aliphatic rings. The fraction of sp³-hybridized carbons (Fsp3) is 0.444. The molecule has 0 amide bonds. The molecule has 0 saturated heterocycles. The van der Waals surface area contributed by atoms with Gasteiger partial charge in [0, 0.05) is 17.3 Å². The Balaban J connectivity index is 2.26. The number of aliphatic imine (C=N–C) groups is 1. The Bertz CT molecular complexity index is 1120. The summed E-state index contributed by atoms with van der Waals surface area (Å²) in [6.07, 6.45) is -4.71. The Hall–Kier alpha value is -1.62.